The zero-order valence-electron chi connectivity index (χ0n) is 12.7. The van der Waals surface area contributed by atoms with Gasteiger partial charge >= 0.3 is 6.03 Å². The Labute approximate surface area is 150 Å². The van der Waals surface area contributed by atoms with Gasteiger partial charge in [-0.15, -0.1) is 0 Å². The van der Waals surface area contributed by atoms with Crippen LogP contribution in [0.4, 0.5) is 10.5 Å². The van der Waals surface area contributed by atoms with Crippen LogP contribution < -0.4 is 4.90 Å². The van der Waals surface area contributed by atoms with Crippen molar-refractivity contribution in [3.8, 4) is 0 Å². The minimum Gasteiger partial charge on any atom is -0.288 e. The van der Waals surface area contributed by atoms with Crippen molar-refractivity contribution in [1.29, 1.82) is 0 Å². The summed E-state index contributed by atoms with van der Waals surface area (Å²) in [4.78, 5) is 14.0. The molecule has 8 heteroatoms. The Morgan fingerprint density at radius 1 is 1.08 bits per heavy atom. The lowest BCUT2D eigenvalue weighted by molar-refractivity contribution is 0.228. The SMILES string of the molecule is CCN1C(=O)N(Cc2ccccc2)c2cc(Cl)cc(Cl)c2S1(=O)=O. The average molecular weight is 385 g/mol. The largest absolute Gasteiger partial charge is 0.338 e. The van der Waals surface area contributed by atoms with E-state index in [0.717, 1.165) is 9.87 Å². The maximum absolute atomic E-state index is 12.7. The zero-order chi connectivity index (χ0) is 17.5. The molecule has 0 spiro atoms. The molecule has 126 valence electrons. The smallest absolute Gasteiger partial charge is 0.288 e. The van der Waals surface area contributed by atoms with E-state index in [-0.39, 0.29) is 33.7 Å². The first-order valence-corrected chi connectivity index (χ1v) is 9.43. The molecule has 0 saturated carbocycles. The third-order valence-corrected chi connectivity index (χ3v) is 6.31. The Morgan fingerprint density at radius 2 is 1.75 bits per heavy atom. The summed E-state index contributed by atoms with van der Waals surface area (Å²) in [5, 5.41) is 0.270. The van der Waals surface area contributed by atoms with Gasteiger partial charge in [0.1, 0.15) is 4.90 Å². The monoisotopic (exact) mass is 384 g/mol. The normalized spacial score (nSPS) is 16.2. The standard InChI is InChI=1S/C16H14Cl2N2O3S/c1-2-20-16(21)19(10-11-6-4-3-5-7-11)14-9-12(17)8-13(18)15(14)24(20,22)23/h3-9H,2,10H2,1H3. The molecule has 0 atom stereocenters. The van der Waals surface area contributed by atoms with Crippen LogP contribution in [0.3, 0.4) is 0 Å². The molecule has 0 aromatic heterocycles. The molecule has 2 aromatic carbocycles. The van der Waals surface area contributed by atoms with E-state index in [4.69, 9.17) is 23.2 Å². The van der Waals surface area contributed by atoms with Crippen LogP contribution in [0.25, 0.3) is 0 Å². The van der Waals surface area contributed by atoms with Crippen LogP contribution in [0, 0.1) is 0 Å². The number of anilines is 1. The lowest BCUT2D eigenvalue weighted by atomic mass is 10.2. The molecule has 1 aliphatic heterocycles. The average Bonchev–Trinajstić information content (AvgIpc) is 2.51. The summed E-state index contributed by atoms with van der Waals surface area (Å²) in [6, 6.07) is 11.5. The Balaban J connectivity index is 2.21. The molecule has 1 aliphatic rings. The molecule has 0 unspecified atom stereocenters. The lowest BCUT2D eigenvalue weighted by Gasteiger charge is -2.36. The summed E-state index contributed by atoms with van der Waals surface area (Å²) in [6.07, 6.45) is 0. The molecule has 1 heterocycles. The van der Waals surface area contributed by atoms with E-state index in [0.29, 0.717) is 0 Å². The van der Waals surface area contributed by atoms with Gasteiger partial charge in [0.05, 0.1) is 17.3 Å². The zero-order valence-corrected chi connectivity index (χ0v) is 15.1. The Kier molecular flexibility index (Phi) is 4.46. The summed E-state index contributed by atoms with van der Waals surface area (Å²) in [7, 11) is -4.00. The van der Waals surface area contributed by atoms with Gasteiger partial charge in [0.2, 0.25) is 0 Å². The van der Waals surface area contributed by atoms with Crippen molar-refractivity contribution in [3.05, 3.63) is 58.1 Å². The minimum atomic E-state index is -4.00. The lowest BCUT2D eigenvalue weighted by Crippen LogP contribution is -2.50. The summed E-state index contributed by atoms with van der Waals surface area (Å²) in [5.41, 5.74) is 1.06. The Hall–Kier alpha value is -1.76. The summed E-state index contributed by atoms with van der Waals surface area (Å²) < 4.78 is 26.3. The molecule has 3 rings (SSSR count). The second-order valence-electron chi connectivity index (χ2n) is 5.26. The molecule has 0 aliphatic carbocycles. The maximum atomic E-state index is 12.7. The number of sulfonamides is 1. The number of urea groups is 1. The second kappa shape index (κ2) is 6.27. The van der Waals surface area contributed by atoms with Crippen molar-refractivity contribution in [2.75, 3.05) is 11.4 Å². The Morgan fingerprint density at radius 3 is 2.38 bits per heavy atom. The van der Waals surface area contributed by atoms with Crippen LogP contribution in [0.5, 0.6) is 0 Å². The van der Waals surface area contributed by atoms with Crippen LogP contribution in [-0.2, 0) is 16.6 Å². The van der Waals surface area contributed by atoms with Crippen molar-refractivity contribution < 1.29 is 13.2 Å². The number of halogens is 2. The van der Waals surface area contributed by atoms with Crippen LogP contribution in [0.15, 0.2) is 47.4 Å². The van der Waals surface area contributed by atoms with Crippen molar-refractivity contribution in [2.45, 2.75) is 18.4 Å². The quantitative estimate of drug-likeness (QED) is 0.798. The number of amides is 2. The second-order valence-corrected chi connectivity index (χ2v) is 7.90. The molecular weight excluding hydrogens is 371 g/mol. The van der Waals surface area contributed by atoms with Gasteiger partial charge < -0.3 is 0 Å². The molecule has 2 amide bonds. The minimum absolute atomic E-state index is 0.00140. The van der Waals surface area contributed by atoms with Gasteiger partial charge in [-0.1, -0.05) is 53.5 Å². The van der Waals surface area contributed by atoms with E-state index >= 15 is 0 Å². The third-order valence-electron chi connectivity index (χ3n) is 3.74. The van der Waals surface area contributed by atoms with Crippen LogP contribution in [0.2, 0.25) is 10.0 Å². The molecule has 0 radical (unpaired) electrons. The van der Waals surface area contributed by atoms with Crippen LogP contribution in [-0.4, -0.2) is 25.3 Å². The highest BCUT2D eigenvalue weighted by molar-refractivity contribution is 7.90. The van der Waals surface area contributed by atoms with Crippen molar-refractivity contribution >= 4 is 44.9 Å². The summed E-state index contributed by atoms with van der Waals surface area (Å²) >= 11 is 12.2. The first kappa shape index (κ1) is 17.1. The Bertz CT molecular complexity index is 901. The predicted molar refractivity (Wildman–Crippen MR) is 94.0 cm³/mol. The molecule has 5 nitrogen and oxygen atoms in total. The third kappa shape index (κ3) is 2.75. The van der Waals surface area contributed by atoms with Gasteiger partial charge in [0, 0.05) is 11.6 Å². The fourth-order valence-electron chi connectivity index (χ4n) is 2.68. The number of carbonyl (C=O) groups is 1. The highest BCUT2D eigenvalue weighted by Crippen LogP contribution is 2.41. The van der Waals surface area contributed by atoms with Crippen molar-refractivity contribution in [1.82, 2.24) is 4.31 Å². The molecule has 0 N–H and O–H groups in total. The molecule has 0 saturated heterocycles. The highest BCUT2D eigenvalue weighted by atomic mass is 35.5. The van der Waals surface area contributed by atoms with E-state index in [1.807, 2.05) is 30.3 Å². The summed E-state index contributed by atoms with van der Waals surface area (Å²) in [5.74, 6) is 0. The van der Waals surface area contributed by atoms with E-state index in [9.17, 15) is 13.2 Å². The molecule has 0 bridgehead atoms. The van der Waals surface area contributed by atoms with E-state index in [1.54, 1.807) is 6.92 Å². The summed E-state index contributed by atoms with van der Waals surface area (Å²) in [6.45, 7) is 1.84. The van der Waals surface area contributed by atoms with E-state index < -0.39 is 16.1 Å². The maximum Gasteiger partial charge on any atom is 0.338 e. The topological polar surface area (TPSA) is 57.7 Å². The number of nitrogens with zero attached hydrogens (tertiary/aromatic N) is 2. The number of hydrogen-bond acceptors (Lipinski definition) is 3. The van der Waals surface area contributed by atoms with Gasteiger partial charge in [0.25, 0.3) is 10.0 Å². The number of fused-ring (bicyclic) bond motifs is 1. The molecule has 24 heavy (non-hydrogen) atoms. The fraction of sp³-hybridized carbons (Fsp3) is 0.188. The van der Waals surface area contributed by atoms with Gasteiger partial charge in [-0.2, -0.15) is 0 Å². The van der Waals surface area contributed by atoms with E-state index in [1.165, 1.54) is 17.0 Å². The van der Waals surface area contributed by atoms with Crippen LogP contribution in [0.1, 0.15) is 12.5 Å². The number of benzene rings is 2. The molecule has 2 aromatic rings. The van der Waals surface area contributed by atoms with Gasteiger partial charge in [-0.3, -0.25) is 4.90 Å². The van der Waals surface area contributed by atoms with E-state index in [2.05, 4.69) is 0 Å². The van der Waals surface area contributed by atoms with Gasteiger partial charge in [-0.05, 0) is 24.6 Å². The fourth-order valence-corrected chi connectivity index (χ4v) is 5.06. The number of rotatable bonds is 3. The molecular formula is C16H14Cl2N2O3S. The van der Waals surface area contributed by atoms with Gasteiger partial charge in [-0.25, -0.2) is 17.5 Å². The molecule has 0 fully saturated rings. The van der Waals surface area contributed by atoms with Crippen LogP contribution >= 0.6 is 23.2 Å². The number of carbonyl (C=O) groups excluding carboxylic acids is 1. The van der Waals surface area contributed by atoms with Gasteiger partial charge in [0.15, 0.2) is 0 Å². The predicted octanol–water partition coefficient (Wildman–Crippen LogP) is 4.14. The van der Waals surface area contributed by atoms with Crippen molar-refractivity contribution in [3.63, 3.8) is 0 Å². The highest BCUT2D eigenvalue weighted by Gasteiger charge is 2.42. The first-order chi connectivity index (χ1) is 11.4. The first-order valence-electron chi connectivity index (χ1n) is 7.23. The van der Waals surface area contributed by atoms with Crippen molar-refractivity contribution in [2.24, 2.45) is 0 Å². The number of hydrogen-bond donors (Lipinski definition) is 0.